The number of aliphatic hydroxyl groups excluding tert-OH is 1. The smallest absolute Gasteiger partial charge is 0.258 e. The first-order chi connectivity index (χ1) is 11.0. The summed E-state index contributed by atoms with van der Waals surface area (Å²) in [5.41, 5.74) is 1.59. The summed E-state index contributed by atoms with van der Waals surface area (Å²) in [4.78, 5) is 11.9. The minimum absolute atomic E-state index is 0.135. The lowest BCUT2D eigenvalue weighted by atomic mass is 10.0. The zero-order valence-corrected chi connectivity index (χ0v) is 13.1. The molecule has 122 valence electrons. The van der Waals surface area contributed by atoms with Crippen LogP contribution in [0.25, 0.3) is 0 Å². The topological polar surface area (TPSA) is 58.6 Å². The molecule has 0 bridgehead atoms. The van der Waals surface area contributed by atoms with Gasteiger partial charge in [0.15, 0.2) is 6.61 Å². The molecule has 2 N–H and O–H groups in total. The molecule has 0 aliphatic carbocycles. The van der Waals surface area contributed by atoms with E-state index in [1.54, 1.807) is 13.0 Å². The average molecular weight is 317 g/mol. The number of rotatable bonds is 6. The number of ether oxygens (including phenoxy) is 1. The average Bonchev–Trinajstić information content (AvgIpc) is 2.53. The number of aryl methyl sites for hydroxylation is 1. The third kappa shape index (κ3) is 5.07. The zero-order valence-electron chi connectivity index (χ0n) is 13.1. The predicted octanol–water partition coefficient (Wildman–Crippen LogP) is 2.75. The van der Waals surface area contributed by atoms with Gasteiger partial charge in [0, 0.05) is 0 Å². The third-order valence-corrected chi connectivity index (χ3v) is 3.43. The van der Waals surface area contributed by atoms with E-state index in [0.29, 0.717) is 11.3 Å². The number of benzene rings is 2. The molecular formula is C18H20FNO3. The van der Waals surface area contributed by atoms with Gasteiger partial charge in [0.05, 0.1) is 12.1 Å². The number of amides is 1. The molecule has 2 unspecified atom stereocenters. The molecule has 0 saturated heterocycles. The van der Waals surface area contributed by atoms with Gasteiger partial charge in [0.25, 0.3) is 5.91 Å². The SMILES string of the molecule is Cc1cccc(OCC(=O)NC(C)C(O)c2ccc(F)cc2)c1. The number of carbonyl (C=O) groups is 1. The van der Waals surface area contributed by atoms with E-state index in [-0.39, 0.29) is 18.3 Å². The normalized spacial score (nSPS) is 13.2. The Bertz CT molecular complexity index is 658. The van der Waals surface area contributed by atoms with E-state index >= 15 is 0 Å². The molecule has 1 amide bonds. The van der Waals surface area contributed by atoms with Crippen LogP contribution in [0.4, 0.5) is 4.39 Å². The van der Waals surface area contributed by atoms with E-state index < -0.39 is 12.1 Å². The third-order valence-electron chi connectivity index (χ3n) is 3.43. The van der Waals surface area contributed by atoms with Crippen LogP contribution >= 0.6 is 0 Å². The van der Waals surface area contributed by atoms with E-state index in [1.807, 2.05) is 25.1 Å². The molecule has 0 radical (unpaired) electrons. The van der Waals surface area contributed by atoms with Gasteiger partial charge in [0.1, 0.15) is 11.6 Å². The summed E-state index contributed by atoms with van der Waals surface area (Å²) in [7, 11) is 0. The summed E-state index contributed by atoms with van der Waals surface area (Å²) < 4.78 is 18.3. The Morgan fingerprint density at radius 3 is 2.61 bits per heavy atom. The quantitative estimate of drug-likeness (QED) is 0.861. The maximum Gasteiger partial charge on any atom is 0.258 e. The number of carbonyl (C=O) groups excluding carboxylic acids is 1. The van der Waals surface area contributed by atoms with Crippen LogP contribution in [0.3, 0.4) is 0 Å². The van der Waals surface area contributed by atoms with Crippen molar-refractivity contribution in [3.63, 3.8) is 0 Å². The van der Waals surface area contributed by atoms with Crippen molar-refractivity contribution in [2.24, 2.45) is 0 Å². The van der Waals surface area contributed by atoms with Gasteiger partial charge in [-0.1, -0.05) is 24.3 Å². The van der Waals surface area contributed by atoms with Crippen LogP contribution in [0.2, 0.25) is 0 Å². The van der Waals surface area contributed by atoms with Crippen molar-refractivity contribution in [1.82, 2.24) is 5.32 Å². The van der Waals surface area contributed by atoms with E-state index in [9.17, 15) is 14.3 Å². The fourth-order valence-corrected chi connectivity index (χ4v) is 2.18. The lowest BCUT2D eigenvalue weighted by molar-refractivity contribution is -0.124. The lowest BCUT2D eigenvalue weighted by Gasteiger charge is -2.20. The van der Waals surface area contributed by atoms with Crippen molar-refractivity contribution in [2.75, 3.05) is 6.61 Å². The first-order valence-corrected chi connectivity index (χ1v) is 7.38. The highest BCUT2D eigenvalue weighted by atomic mass is 19.1. The molecule has 2 atom stereocenters. The molecule has 0 aromatic heterocycles. The minimum atomic E-state index is -0.918. The van der Waals surface area contributed by atoms with Crippen molar-refractivity contribution >= 4 is 5.91 Å². The standard InChI is InChI=1S/C18H20FNO3/c1-12-4-3-5-16(10-12)23-11-17(21)20-13(2)18(22)14-6-8-15(19)9-7-14/h3-10,13,18,22H,11H2,1-2H3,(H,20,21). The number of hydrogen-bond donors (Lipinski definition) is 2. The summed E-state index contributed by atoms with van der Waals surface area (Å²) >= 11 is 0. The second-order valence-corrected chi connectivity index (χ2v) is 5.46. The molecule has 5 heteroatoms. The Kier molecular flexibility index (Phi) is 5.71. The highest BCUT2D eigenvalue weighted by molar-refractivity contribution is 5.77. The van der Waals surface area contributed by atoms with Crippen molar-refractivity contribution in [3.05, 3.63) is 65.5 Å². The molecule has 23 heavy (non-hydrogen) atoms. The van der Waals surface area contributed by atoms with Crippen molar-refractivity contribution in [3.8, 4) is 5.75 Å². The fraction of sp³-hybridized carbons (Fsp3) is 0.278. The summed E-state index contributed by atoms with van der Waals surface area (Å²) in [6.45, 7) is 3.48. The van der Waals surface area contributed by atoms with Gasteiger partial charge < -0.3 is 15.2 Å². The van der Waals surface area contributed by atoms with Gasteiger partial charge in [-0.3, -0.25) is 4.79 Å². The van der Waals surface area contributed by atoms with E-state index in [2.05, 4.69) is 5.32 Å². The molecule has 4 nitrogen and oxygen atoms in total. The van der Waals surface area contributed by atoms with Crippen LogP contribution < -0.4 is 10.1 Å². The predicted molar refractivity (Wildman–Crippen MR) is 85.6 cm³/mol. The number of aliphatic hydroxyl groups is 1. The summed E-state index contributed by atoms with van der Waals surface area (Å²) in [5, 5.41) is 12.8. The molecule has 0 saturated carbocycles. The highest BCUT2D eigenvalue weighted by Crippen LogP contribution is 2.17. The maximum absolute atomic E-state index is 12.9. The van der Waals surface area contributed by atoms with Gasteiger partial charge >= 0.3 is 0 Å². The van der Waals surface area contributed by atoms with Gasteiger partial charge in [0.2, 0.25) is 0 Å². The van der Waals surface area contributed by atoms with Crippen LogP contribution in [0, 0.1) is 12.7 Å². The van der Waals surface area contributed by atoms with Gasteiger partial charge in [-0.25, -0.2) is 4.39 Å². The van der Waals surface area contributed by atoms with Crippen LogP contribution in [0.5, 0.6) is 5.75 Å². The van der Waals surface area contributed by atoms with Crippen molar-refractivity contribution < 1.29 is 19.0 Å². The summed E-state index contributed by atoms with van der Waals surface area (Å²) in [6.07, 6.45) is -0.918. The van der Waals surface area contributed by atoms with E-state index in [1.165, 1.54) is 24.3 Å². The number of hydrogen-bond acceptors (Lipinski definition) is 3. The Labute approximate surface area is 134 Å². The molecule has 0 heterocycles. The second kappa shape index (κ2) is 7.74. The van der Waals surface area contributed by atoms with Crippen molar-refractivity contribution in [1.29, 1.82) is 0 Å². The number of halogens is 1. The molecule has 2 aromatic rings. The first-order valence-electron chi connectivity index (χ1n) is 7.38. The Morgan fingerprint density at radius 2 is 1.96 bits per heavy atom. The fourth-order valence-electron chi connectivity index (χ4n) is 2.18. The van der Waals surface area contributed by atoms with Gasteiger partial charge in [-0.2, -0.15) is 0 Å². The molecule has 0 spiro atoms. The van der Waals surface area contributed by atoms with Crippen LogP contribution in [-0.2, 0) is 4.79 Å². The molecule has 2 aromatic carbocycles. The van der Waals surface area contributed by atoms with Crippen molar-refractivity contribution in [2.45, 2.75) is 26.0 Å². The molecule has 0 aliphatic heterocycles. The molecule has 0 fully saturated rings. The minimum Gasteiger partial charge on any atom is -0.484 e. The second-order valence-electron chi connectivity index (χ2n) is 5.46. The maximum atomic E-state index is 12.9. The van der Waals surface area contributed by atoms with Crippen LogP contribution in [0.15, 0.2) is 48.5 Å². The summed E-state index contributed by atoms with van der Waals surface area (Å²) in [5.74, 6) is -0.0868. The molecule has 2 rings (SSSR count). The van der Waals surface area contributed by atoms with Gasteiger partial charge in [-0.15, -0.1) is 0 Å². The zero-order chi connectivity index (χ0) is 16.8. The molecule has 0 aliphatic rings. The number of nitrogens with one attached hydrogen (secondary N) is 1. The Hall–Kier alpha value is -2.40. The van der Waals surface area contributed by atoms with E-state index in [0.717, 1.165) is 5.56 Å². The first kappa shape index (κ1) is 17.0. The Morgan fingerprint density at radius 1 is 1.26 bits per heavy atom. The largest absolute Gasteiger partial charge is 0.484 e. The van der Waals surface area contributed by atoms with E-state index in [4.69, 9.17) is 4.74 Å². The molecular weight excluding hydrogens is 297 g/mol. The lowest BCUT2D eigenvalue weighted by Crippen LogP contribution is -2.39. The van der Waals surface area contributed by atoms with Crippen LogP contribution in [-0.4, -0.2) is 23.7 Å². The monoisotopic (exact) mass is 317 g/mol. The summed E-state index contributed by atoms with van der Waals surface area (Å²) in [6, 6.07) is 12.4. The highest BCUT2D eigenvalue weighted by Gasteiger charge is 2.18. The van der Waals surface area contributed by atoms with Gasteiger partial charge in [-0.05, 0) is 49.2 Å². The Balaban J connectivity index is 1.85. The van der Waals surface area contributed by atoms with Crippen LogP contribution in [0.1, 0.15) is 24.2 Å².